The molecule has 0 spiro atoms. The molecule has 1 amide bonds. The van der Waals surface area contributed by atoms with Gasteiger partial charge < -0.3 is 15.2 Å². The van der Waals surface area contributed by atoms with Crippen LogP contribution in [-0.2, 0) is 9.53 Å². The van der Waals surface area contributed by atoms with E-state index in [4.69, 9.17) is 9.84 Å². The monoisotopic (exact) mass is 285 g/mol. The highest BCUT2D eigenvalue weighted by molar-refractivity contribution is 5.80. The van der Waals surface area contributed by atoms with Crippen LogP contribution in [0.3, 0.4) is 0 Å². The first-order valence-corrected chi connectivity index (χ1v) is 6.76. The summed E-state index contributed by atoms with van der Waals surface area (Å²) in [6.45, 7) is 13.3. The summed E-state index contributed by atoms with van der Waals surface area (Å²) in [6, 6.07) is -0.976. The average molecular weight is 285 g/mol. The van der Waals surface area contributed by atoms with E-state index in [1.165, 1.54) is 0 Å². The Balaban J connectivity index is 4.29. The van der Waals surface area contributed by atoms with Gasteiger partial charge in [0.1, 0.15) is 6.04 Å². The fourth-order valence-corrected chi connectivity index (χ4v) is 1.72. The molecule has 0 aromatic heterocycles. The van der Waals surface area contributed by atoms with Gasteiger partial charge in [0.2, 0.25) is 0 Å². The first kappa shape index (κ1) is 18.5. The van der Waals surface area contributed by atoms with Gasteiger partial charge in [-0.3, -0.25) is 0 Å². The third kappa shape index (κ3) is 7.16. The minimum atomic E-state index is -1.07. The predicted octanol–water partition coefficient (Wildman–Crippen LogP) is 3.20. The van der Waals surface area contributed by atoms with Crippen molar-refractivity contribution in [3.8, 4) is 0 Å². The van der Waals surface area contributed by atoms with Crippen molar-refractivity contribution in [3.63, 3.8) is 0 Å². The van der Waals surface area contributed by atoms with Crippen LogP contribution in [0.4, 0.5) is 4.79 Å². The van der Waals surface area contributed by atoms with Crippen molar-refractivity contribution in [2.75, 3.05) is 6.61 Å². The van der Waals surface area contributed by atoms with Crippen molar-refractivity contribution in [2.24, 2.45) is 10.8 Å². The Morgan fingerprint density at radius 3 is 2.25 bits per heavy atom. The smallest absolute Gasteiger partial charge is 0.407 e. The molecule has 0 saturated carbocycles. The van der Waals surface area contributed by atoms with Gasteiger partial charge in [-0.05, 0) is 23.7 Å². The number of rotatable bonds is 7. The van der Waals surface area contributed by atoms with Gasteiger partial charge in [-0.25, -0.2) is 9.59 Å². The number of alkyl carbamates (subject to hydrolysis) is 1. The van der Waals surface area contributed by atoms with E-state index in [1.54, 1.807) is 20.8 Å². The molecule has 5 heteroatoms. The van der Waals surface area contributed by atoms with Crippen LogP contribution in [0.2, 0.25) is 0 Å². The summed E-state index contributed by atoms with van der Waals surface area (Å²) in [4.78, 5) is 22.7. The first-order valence-electron chi connectivity index (χ1n) is 6.76. The first-order chi connectivity index (χ1) is 8.99. The topological polar surface area (TPSA) is 75.6 Å². The second kappa shape index (κ2) is 7.31. The Labute approximate surface area is 121 Å². The van der Waals surface area contributed by atoms with Gasteiger partial charge in [0, 0.05) is 0 Å². The zero-order valence-electron chi connectivity index (χ0n) is 13.2. The molecule has 0 aliphatic rings. The fourth-order valence-electron chi connectivity index (χ4n) is 1.72. The van der Waals surface area contributed by atoms with Gasteiger partial charge in [0.15, 0.2) is 0 Å². The average Bonchev–Trinajstić information content (AvgIpc) is 2.23. The van der Waals surface area contributed by atoms with E-state index >= 15 is 0 Å². The van der Waals surface area contributed by atoms with Crippen molar-refractivity contribution in [1.82, 2.24) is 5.32 Å². The lowest BCUT2D eigenvalue weighted by atomic mass is 9.86. The van der Waals surface area contributed by atoms with Crippen molar-refractivity contribution >= 4 is 12.1 Å². The molecule has 0 bridgehead atoms. The van der Waals surface area contributed by atoms with Gasteiger partial charge >= 0.3 is 12.1 Å². The second-order valence-electron chi connectivity index (χ2n) is 6.82. The molecule has 1 atom stereocenters. The van der Waals surface area contributed by atoms with E-state index in [-0.39, 0.29) is 12.0 Å². The number of carboxylic acids is 1. The highest BCUT2D eigenvalue weighted by Gasteiger charge is 2.33. The third-order valence-corrected chi connectivity index (χ3v) is 3.08. The second-order valence-corrected chi connectivity index (χ2v) is 6.82. The number of hydrogen-bond donors (Lipinski definition) is 2. The number of carbonyl (C=O) groups excluding carboxylic acids is 1. The van der Waals surface area contributed by atoms with Crippen LogP contribution in [0.25, 0.3) is 0 Å². The Kier molecular flexibility index (Phi) is 6.76. The van der Waals surface area contributed by atoms with Crippen LogP contribution in [0.15, 0.2) is 12.7 Å². The SMILES string of the molecule is C=CCC(C)(C)CCOC(=O)NC(C(=O)O)C(C)(C)C. The van der Waals surface area contributed by atoms with E-state index in [9.17, 15) is 9.59 Å². The summed E-state index contributed by atoms with van der Waals surface area (Å²) in [5, 5.41) is 11.5. The Bertz CT molecular complexity index is 355. The maximum absolute atomic E-state index is 11.6. The summed E-state index contributed by atoms with van der Waals surface area (Å²) < 4.78 is 5.05. The molecule has 0 heterocycles. The van der Waals surface area contributed by atoms with Crippen molar-refractivity contribution in [3.05, 3.63) is 12.7 Å². The van der Waals surface area contributed by atoms with E-state index in [0.29, 0.717) is 6.42 Å². The third-order valence-electron chi connectivity index (χ3n) is 3.08. The summed E-state index contributed by atoms with van der Waals surface area (Å²) in [5.41, 5.74) is -0.564. The standard InChI is InChI=1S/C15H27NO4/c1-7-8-15(5,6)9-10-20-13(19)16-11(12(17)18)14(2,3)4/h7,11H,1,8-10H2,2-6H3,(H,16,19)(H,17,18). The van der Waals surface area contributed by atoms with Gasteiger partial charge in [-0.15, -0.1) is 6.58 Å². The Morgan fingerprint density at radius 2 is 1.85 bits per heavy atom. The zero-order valence-corrected chi connectivity index (χ0v) is 13.2. The summed E-state index contributed by atoms with van der Waals surface area (Å²) >= 11 is 0. The lowest BCUT2D eigenvalue weighted by Gasteiger charge is -2.28. The number of nitrogens with one attached hydrogen (secondary N) is 1. The molecule has 2 N–H and O–H groups in total. The number of aliphatic carboxylic acids is 1. The van der Waals surface area contributed by atoms with Gasteiger partial charge in [0.05, 0.1) is 6.61 Å². The van der Waals surface area contributed by atoms with Crippen LogP contribution in [-0.4, -0.2) is 29.8 Å². The van der Waals surface area contributed by atoms with Crippen molar-refractivity contribution < 1.29 is 19.4 Å². The highest BCUT2D eigenvalue weighted by atomic mass is 16.5. The molecule has 1 unspecified atom stereocenters. The summed E-state index contributed by atoms with van der Waals surface area (Å²) in [6.07, 6.45) is 2.67. The van der Waals surface area contributed by atoms with Crippen LogP contribution in [0.1, 0.15) is 47.5 Å². The molecule has 0 radical (unpaired) electrons. The van der Waals surface area contributed by atoms with Crippen molar-refractivity contribution in [1.29, 1.82) is 0 Å². The number of ether oxygens (including phenoxy) is 1. The fraction of sp³-hybridized carbons (Fsp3) is 0.733. The van der Waals surface area contributed by atoms with E-state index in [2.05, 4.69) is 25.7 Å². The normalized spacial score (nSPS) is 13.4. The molecular weight excluding hydrogens is 258 g/mol. The lowest BCUT2D eigenvalue weighted by molar-refractivity contribution is -0.142. The van der Waals surface area contributed by atoms with Crippen LogP contribution >= 0.6 is 0 Å². The minimum absolute atomic E-state index is 0.0122. The number of amides is 1. The van der Waals surface area contributed by atoms with Crippen LogP contribution in [0.5, 0.6) is 0 Å². The number of allylic oxidation sites excluding steroid dienone is 1. The number of hydrogen-bond acceptors (Lipinski definition) is 3. The lowest BCUT2D eigenvalue weighted by Crippen LogP contribution is -2.49. The molecule has 0 rings (SSSR count). The molecule has 0 aliphatic carbocycles. The minimum Gasteiger partial charge on any atom is -0.480 e. The highest BCUT2D eigenvalue weighted by Crippen LogP contribution is 2.25. The Hall–Kier alpha value is -1.52. The van der Waals surface area contributed by atoms with Gasteiger partial charge in [0.25, 0.3) is 0 Å². The molecular formula is C15H27NO4. The molecule has 0 aliphatic heterocycles. The van der Waals surface area contributed by atoms with Gasteiger partial charge in [-0.2, -0.15) is 0 Å². The number of carbonyl (C=O) groups is 2. The molecule has 20 heavy (non-hydrogen) atoms. The maximum Gasteiger partial charge on any atom is 0.407 e. The molecule has 0 saturated heterocycles. The molecule has 5 nitrogen and oxygen atoms in total. The van der Waals surface area contributed by atoms with E-state index in [1.807, 2.05) is 6.08 Å². The van der Waals surface area contributed by atoms with Gasteiger partial charge in [-0.1, -0.05) is 40.7 Å². The van der Waals surface area contributed by atoms with E-state index in [0.717, 1.165) is 6.42 Å². The maximum atomic E-state index is 11.6. The summed E-state index contributed by atoms with van der Waals surface area (Å²) in [7, 11) is 0. The molecule has 116 valence electrons. The van der Waals surface area contributed by atoms with Crippen LogP contribution in [0, 0.1) is 10.8 Å². The summed E-state index contributed by atoms with van der Waals surface area (Å²) in [5.74, 6) is -1.07. The predicted molar refractivity (Wildman–Crippen MR) is 78.6 cm³/mol. The van der Waals surface area contributed by atoms with E-state index < -0.39 is 23.5 Å². The largest absolute Gasteiger partial charge is 0.480 e. The zero-order chi connectivity index (χ0) is 16.0. The molecule has 0 aromatic carbocycles. The van der Waals surface area contributed by atoms with Crippen molar-refractivity contribution in [2.45, 2.75) is 53.5 Å². The quantitative estimate of drug-likeness (QED) is 0.704. The molecule has 0 aromatic rings. The number of carboxylic acid groups (broad SMARTS) is 1. The Morgan fingerprint density at radius 1 is 1.30 bits per heavy atom. The van der Waals surface area contributed by atoms with Crippen LogP contribution < -0.4 is 5.32 Å². The molecule has 0 fully saturated rings.